The van der Waals surface area contributed by atoms with Crippen molar-refractivity contribution in [1.82, 2.24) is 20.8 Å². The molecule has 2 aromatic carbocycles. The molecule has 10 heteroatoms. The summed E-state index contributed by atoms with van der Waals surface area (Å²) in [6.07, 6.45) is 2.65. The van der Waals surface area contributed by atoms with Crippen LogP contribution >= 0.6 is 11.6 Å². The molecule has 0 fully saturated rings. The number of aromatic nitrogens is 2. The van der Waals surface area contributed by atoms with Crippen LogP contribution in [0.4, 0.5) is 5.82 Å². The second-order valence-electron chi connectivity index (χ2n) is 7.17. The van der Waals surface area contributed by atoms with Crippen LogP contribution in [0.1, 0.15) is 40.3 Å². The number of hydrazine groups is 1. The highest BCUT2D eigenvalue weighted by Crippen LogP contribution is 2.21. The smallest absolute Gasteiger partial charge is 0.292 e. The summed E-state index contributed by atoms with van der Waals surface area (Å²) < 4.78 is 5.74. The fourth-order valence-electron chi connectivity index (χ4n) is 2.63. The lowest BCUT2D eigenvalue weighted by molar-refractivity contribution is -0.135. The second kappa shape index (κ2) is 9.44. The number of nitrogens with one attached hydrogen (secondary N) is 2. The molecule has 0 radical (unpaired) electrons. The molecule has 3 rings (SSSR count). The van der Waals surface area contributed by atoms with Crippen molar-refractivity contribution in [2.24, 2.45) is 0 Å². The lowest BCUT2D eigenvalue weighted by atomic mass is 10.0. The zero-order valence-electron chi connectivity index (χ0n) is 17.3. The number of benzene rings is 2. The monoisotopic (exact) mass is 453 g/mol. The Labute approximate surface area is 188 Å². The summed E-state index contributed by atoms with van der Waals surface area (Å²) in [4.78, 5) is 44.7. The largest absolute Gasteiger partial charge is 0.478 e. The fraction of sp³-hybridized carbons (Fsp3) is 0.136. The van der Waals surface area contributed by atoms with Gasteiger partial charge in [0.15, 0.2) is 22.9 Å². The Balaban J connectivity index is 1.61. The Morgan fingerprint density at radius 3 is 2.06 bits per heavy atom. The topological polar surface area (TPSA) is 136 Å². The van der Waals surface area contributed by atoms with Crippen molar-refractivity contribution in [3.8, 4) is 5.75 Å². The molecule has 2 amide bonds. The summed E-state index contributed by atoms with van der Waals surface area (Å²) in [6.45, 7) is 3.05. The Hall–Kier alpha value is -3.98. The van der Waals surface area contributed by atoms with Crippen molar-refractivity contribution in [3.05, 3.63) is 82.8 Å². The lowest BCUT2D eigenvalue weighted by Crippen LogP contribution is -2.53. The lowest BCUT2D eigenvalue weighted by Gasteiger charge is -2.25. The van der Waals surface area contributed by atoms with E-state index in [4.69, 9.17) is 22.1 Å². The first kappa shape index (κ1) is 22.7. The van der Waals surface area contributed by atoms with Gasteiger partial charge >= 0.3 is 0 Å². The number of hydrogen-bond acceptors (Lipinski definition) is 7. The van der Waals surface area contributed by atoms with Crippen LogP contribution in [0.2, 0.25) is 5.02 Å². The molecule has 1 heterocycles. The molecule has 32 heavy (non-hydrogen) atoms. The van der Waals surface area contributed by atoms with Gasteiger partial charge in [0.05, 0.1) is 0 Å². The molecule has 0 bridgehead atoms. The first-order chi connectivity index (χ1) is 15.2. The van der Waals surface area contributed by atoms with E-state index < -0.39 is 17.4 Å². The van der Waals surface area contributed by atoms with E-state index in [1.165, 1.54) is 26.2 Å². The van der Waals surface area contributed by atoms with Crippen molar-refractivity contribution >= 4 is 35.0 Å². The van der Waals surface area contributed by atoms with E-state index in [1.54, 1.807) is 48.5 Å². The predicted molar refractivity (Wildman–Crippen MR) is 118 cm³/mol. The molecule has 0 aliphatic carbocycles. The maximum atomic E-state index is 12.5. The maximum absolute atomic E-state index is 12.5. The van der Waals surface area contributed by atoms with E-state index in [2.05, 4.69) is 20.8 Å². The molecule has 0 spiro atoms. The van der Waals surface area contributed by atoms with Crippen LogP contribution in [0.3, 0.4) is 0 Å². The third kappa shape index (κ3) is 5.38. The number of ketones is 1. The van der Waals surface area contributed by atoms with Crippen LogP contribution in [-0.4, -0.2) is 33.2 Å². The van der Waals surface area contributed by atoms with Gasteiger partial charge in [-0.25, -0.2) is 9.97 Å². The van der Waals surface area contributed by atoms with Crippen molar-refractivity contribution in [1.29, 1.82) is 0 Å². The summed E-state index contributed by atoms with van der Waals surface area (Å²) >= 11 is 5.85. The minimum absolute atomic E-state index is 0.0667. The number of anilines is 1. The molecule has 9 nitrogen and oxygen atoms in total. The van der Waals surface area contributed by atoms with E-state index in [0.717, 1.165) is 0 Å². The van der Waals surface area contributed by atoms with Gasteiger partial charge in [-0.05, 0) is 62.4 Å². The number of nitrogens with zero attached hydrogens (tertiary/aromatic N) is 2. The van der Waals surface area contributed by atoms with E-state index >= 15 is 0 Å². The fourth-order valence-corrected chi connectivity index (χ4v) is 2.76. The van der Waals surface area contributed by atoms with Crippen LogP contribution in [0.25, 0.3) is 0 Å². The van der Waals surface area contributed by atoms with E-state index in [0.29, 0.717) is 21.9 Å². The van der Waals surface area contributed by atoms with Crippen LogP contribution in [0.5, 0.6) is 5.75 Å². The maximum Gasteiger partial charge on any atom is 0.292 e. The normalized spacial score (nSPS) is 10.8. The first-order valence-corrected chi connectivity index (χ1v) is 9.82. The third-order valence-electron chi connectivity index (χ3n) is 4.37. The van der Waals surface area contributed by atoms with Gasteiger partial charge < -0.3 is 10.5 Å². The van der Waals surface area contributed by atoms with Gasteiger partial charge in [0.1, 0.15) is 5.75 Å². The van der Waals surface area contributed by atoms with E-state index in [9.17, 15) is 14.4 Å². The highest BCUT2D eigenvalue weighted by molar-refractivity contribution is 6.30. The van der Waals surface area contributed by atoms with Crippen molar-refractivity contribution in [2.45, 2.75) is 19.4 Å². The first-order valence-electron chi connectivity index (χ1n) is 9.44. The molecular formula is C22H20ClN5O4. The second-order valence-corrected chi connectivity index (χ2v) is 7.61. The SMILES string of the molecule is CC(C)(Oc1ccc(C(=O)c2ccc(Cl)cc2)cc1)C(=O)NNC(=O)c1nccnc1N. The number of ether oxygens (including phenoxy) is 1. The Kier molecular flexibility index (Phi) is 6.70. The molecule has 0 aliphatic rings. The van der Waals surface area contributed by atoms with Gasteiger partial charge in [-0.15, -0.1) is 0 Å². The zero-order chi connectivity index (χ0) is 23.3. The molecule has 3 aromatic rings. The number of amides is 2. The van der Waals surface area contributed by atoms with Crippen molar-refractivity contribution < 1.29 is 19.1 Å². The van der Waals surface area contributed by atoms with Gasteiger partial charge in [0, 0.05) is 28.5 Å². The molecule has 0 unspecified atom stereocenters. The van der Waals surface area contributed by atoms with Crippen LogP contribution < -0.4 is 21.3 Å². The van der Waals surface area contributed by atoms with Gasteiger partial charge in [0.25, 0.3) is 11.8 Å². The minimum Gasteiger partial charge on any atom is -0.478 e. The summed E-state index contributed by atoms with van der Waals surface area (Å²) in [5.74, 6) is -1.21. The number of halogens is 1. The number of carbonyl (C=O) groups is 3. The van der Waals surface area contributed by atoms with E-state index in [-0.39, 0.29) is 17.3 Å². The molecule has 0 aliphatic heterocycles. The summed E-state index contributed by atoms with van der Waals surface area (Å²) in [5.41, 5.74) is 9.58. The van der Waals surface area contributed by atoms with Gasteiger partial charge in [0.2, 0.25) is 0 Å². The summed E-state index contributed by atoms with van der Waals surface area (Å²) in [6, 6.07) is 12.9. The van der Waals surface area contributed by atoms with E-state index in [1.807, 2.05) is 0 Å². The third-order valence-corrected chi connectivity index (χ3v) is 4.63. The van der Waals surface area contributed by atoms with Gasteiger partial charge in [-0.2, -0.15) is 0 Å². The number of rotatable bonds is 6. The van der Waals surface area contributed by atoms with Crippen LogP contribution in [0, 0.1) is 0 Å². The zero-order valence-corrected chi connectivity index (χ0v) is 18.0. The quantitative estimate of drug-likeness (QED) is 0.385. The van der Waals surface area contributed by atoms with Gasteiger partial charge in [-0.3, -0.25) is 25.2 Å². The van der Waals surface area contributed by atoms with Crippen LogP contribution in [0.15, 0.2) is 60.9 Å². The van der Waals surface area contributed by atoms with Crippen molar-refractivity contribution in [2.75, 3.05) is 5.73 Å². The molecule has 0 atom stereocenters. The highest BCUT2D eigenvalue weighted by Gasteiger charge is 2.30. The Morgan fingerprint density at radius 1 is 0.906 bits per heavy atom. The average molecular weight is 454 g/mol. The summed E-state index contributed by atoms with van der Waals surface area (Å²) in [7, 11) is 0. The molecular weight excluding hydrogens is 434 g/mol. The molecule has 4 N–H and O–H groups in total. The predicted octanol–water partition coefficient (Wildman–Crippen LogP) is 2.56. The highest BCUT2D eigenvalue weighted by atomic mass is 35.5. The van der Waals surface area contributed by atoms with Crippen LogP contribution in [-0.2, 0) is 4.79 Å². The molecule has 1 aromatic heterocycles. The Morgan fingerprint density at radius 2 is 1.47 bits per heavy atom. The standard InChI is InChI=1S/C22H20ClN5O4/c1-22(2,21(31)28-27-20(30)17-19(24)26-12-11-25-17)32-16-9-5-14(6-10-16)18(29)13-3-7-15(23)8-4-13/h3-12H,1-2H3,(H2,24,26)(H,27,30)(H,28,31). The minimum atomic E-state index is -1.34. The van der Waals surface area contributed by atoms with Crippen molar-refractivity contribution in [3.63, 3.8) is 0 Å². The number of nitrogens with two attached hydrogens (primary N) is 1. The number of carbonyl (C=O) groups excluding carboxylic acids is 3. The molecule has 0 saturated heterocycles. The molecule has 0 saturated carbocycles. The Bertz CT molecular complexity index is 1150. The number of nitrogen functional groups attached to an aromatic ring is 1. The summed E-state index contributed by atoms with van der Waals surface area (Å²) in [5, 5.41) is 0.544. The molecule has 164 valence electrons. The van der Waals surface area contributed by atoms with Gasteiger partial charge in [-0.1, -0.05) is 11.6 Å². The number of hydrogen-bond donors (Lipinski definition) is 3. The average Bonchev–Trinajstić information content (AvgIpc) is 2.78.